The predicted octanol–water partition coefficient (Wildman–Crippen LogP) is 11.3. The number of hydrogen-bond acceptors (Lipinski definition) is 3. The van der Waals surface area contributed by atoms with E-state index in [9.17, 15) is 0 Å². The van der Waals surface area contributed by atoms with Gasteiger partial charge >= 0.3 is 0 Å². The normalized spacial score (nSPS) is 36.4. The van der Waals surface area contributed by atoms with Crippen LogP contribution in [0.5, 0.6) is 0 Å². The van der Waals surface area contributed by atoms with Crippen LogP contribution in [-0.2, 0) is 0 Å². The zero-order chi connectivity index (χ0) is 34.4. The van der Waals surface area contributed by atoms with Crippen molar-refractivity contribution in [3.05, 3.63) is 112 Å². The second kappa shape index (κ2) is 14.6. The molecule has 1 saturated heterocycles. The van der Waals surface area contributed by atoms with E-state index in [0.29, 0.717) is 35.3 Å². The van der Waals surface area contributed by atoms with E-state index >= 15 is 0 Å². The lowest BCUT2D eigenvalue weighted by Gasteiger charge is -2.47. The molecule has 2 fully saturated rings. The Labute approximate surface area is 309 Å². The topological polar surface area (TPSA) is 36.1 Å². The quantitative estimate of drug-likeness (QED) is 0.262. The molecule has 0 radical (unpaired) electrons. The summed E-state index contributed by atoms with van der Waals surface area (Å²) in [5.41, 5.74) is 13.3. The van der Waals surface area contributed by atoms with Crippen molar-refractivity contribution >= 4 is 5.57 Å². The van der Waals surface area contributed by atoms with Crippen LogP contribution in [0.2, 0.25) is 0 Å². The third-order valence-corrected chi connectivity index (χ3v) is 14.8. The highest BCUT2D eigenvalue weighted by molar-refractivity contribution is 5.76. The van der Waals surface area contributed by atoms with Gasteiger partial charge in [0, 0.05) is 5.92 Å². The Bertz CT molecular complexity index is 1690. The van der Waals surface area contributed by atoms with E-state index in [4.69, 9.17) is 0 Å². The molecule has 1 aromatic carbocycles. The minimum atomic E-state index is 0.205. The van der Waals surface area contributed by atoms with Crippen LogP contribution in [0.15, 0.2) is 101 Å². The lowest BCUT2D eigenvalue weighted by atomic mass is 9.67. The van der Waals surface area contributed by atoms with Crippen LogP contribution in [-0.4, -0.2) is 18.5 Å². The van der Waals surface area contributed by atoms with Gasteiger partial charge in [-0.15, -0.1) is 0 Å². The molecule has 9 rings (SSSR count). The molecule has 0 bridgehead atoms. The SMILES string of the molecule is CC1(C)C2=C(CCCC2)C2=CCC(c3cccc(C4=CCCC(C5NC(C6C=CC=CC6)NC(C6CCC(C7=CCCCC7)CC6)N5)=C4)c3)CC21. The Morgan fingerprint density at radius 1 is 0.725 bits per heavy atom. The minimum Gasteiger partial charge on any atom is -0.286 e. The number of rotatable bonds is 6. The molecule has 0 spiro atoms. The van der Waals surface area contributed by atoms with Crippen LogP contribution in [0, 0.1) is 29.1 Å². The molecule has 1 saturated carbocycles. The first-order chi connectivity index (χ1) is 25.0. The average Bonchev–Trinajstić information content (AvgIpc) is 3.44. The van der Waals surface area contributed by atoms with Gasteiger partial charge in [-0.1, -0.05) is 97.9 Å². The van der Waals surface area contributed by atoms with Crippen molar-refractivity contribution in [2.45, 2.75) is 147 Å². The maximum Gasteiger partial charge on any atom is 0.0821 e. The van der Waals surface area contributed by atoms with E-state index in [-0.39, 0.29) is 12.3 Å². The highest BCUT2D eigenvalue weighted by Crippen LogP contribution is 2.59. The van der Waals surface area contributed by atoms with Crippen LogP contribution < -0.4 is 16.0 Å². The molecule has 3 heteroatoms. The maximum absolute atomic E-state index is 4.16. The molecule has 1 aliphatic heterocycles. The van der Waals surface area contributed by atoms with Gasteiger partial charge in [0.05, 0.1) is 18.5 Å². The van der Waals surface area contributed by atoms with Gasteiger partial charge in [-0.25, -0.2) is 0 Å². The fraction of sp³-hybridized carbons (Fsp3) is 0.583. The van der Waals surface area contributed by atoms with Crippen molar-refractivity contribution in [1.82, 2.24) is 16.0 Å². The van der Waals surface area contributed by atoms with Crippen molar-refractivity contribution in [2.75, 3.05) is 0 Å². The van der Waals surface area contributed by atoms with Gasteiger partial charge in [0.2, 0.25) is 0 Å². The van der Waals surface area contributed by atoms with Gasteiger partial charge in [-0.3, -0.25) is 16.0 Å². The van der Waals surface area contributed by atoms with Gasteiger partial charge in [0.1, 0.15) is 0 Å². The van der Waals surface area contributed by atoms with Crippen molar-refractivity contribution in [3.8, 4) is 0 Å². The Kier molecular flexibility index (Phi) is 9.75. The second-order valence-electron chi connectivity index (χ2n) is 18.0. The zero-order valence-corrected chi connectivity index (χ0v) is 31.6. The Balaban J connectivity index is 0.917. The van der Waals surface area contributed by atoms with Crippen LogP contribution in [0.4, 0.5) is 0 Å². The third kappa shape index (κ3) is 6.81. The molecule has 6 atom stereocenters. The summed E-state index contributed by atoms with van der Waals surface area (Å²) < 4.78 is 0. The highest BCUT2D eigenvalue weighted by atomic mass is 15.4. The second-order valence-corrected chi connectivity index (χ2v) is 18.0. The van der Waals surface area contributed by atoms with Crippen LogP contribution >= 0.6 is 0 Å². The molecule has 3 N–H and O–H groups in total. The van der Waals surface area contributed by atoms with Crippen molar-refractivity contribution in [1.29, 1.82) is 0 Å². The first kappa shape index (κ1) is 34.1. The maximum atomic E-state index is 4.16. The Morgan fingerprint density at radius 3 is 2.43 bits per heavy atom. The van der Waals surface area contributed by atoms with Crippen LogP contribution in [0.25, 0.3) is 5.57 Å². The van der Waals surface area contributed by atoms with Crippen molar-refractivity contribution in [2.24, 2.45) is 29.1 Å². The molecule has 3 nitrogen and oxygen atoms in total. The van der Waals surface area contributed by atoms with Gasteiger partial charge < -0.3 is 0 Å². The summed E-state index contributed by atoms with van der Waals surface area (Å²) in [6.45, 7) is 5.10. The van der Waals surface area contributed by atoms with Crippen LogP contribution in [0.3, 0.4) is 0 Å². The summed E-state index contributed by atoms with van der Waals surface area (Å²) in [5, 5.41) is 12.4. The largest absolute Gasteiger partial charge is 0.286 e. The predicted molar refractivity (Wildman–Crippen MR) is 214 cm³/mol. The van der Waals surface area contributed by atoms with Gasteiger partial charge in [-0.05, 0) is 172 Å². The fourth-order valence-electron chi connectivity index (χ4n) is 11.8. The van der Waals surface area contributed by atoms with Crippen molar-refractivity contribution in [3.63, 3.8) is 0 Å². The first-order valence-corrected chi connectivity index (χ1v) is 21.3. The standard InChI is InChI=1S/C48H63N3/c1-48(2)43-22-10-9-21-41(43)42-28-27-39(31-44(42)48)37-18-11-17-36(29-37)38-19-12-20-40(30-38)47-50-45(34-15-7-4-8-16-34)49-46(51-47)35-25-23-33(24-26-35)32-13-5-3-6-14-32/h4,7-8,11,13,15,17-19,28-30,33-35,39,44-47,49-51H,3,5-6,9-10,12,14,16,20-27,31H2,1-2H3. The summed E-state index contributed by atoms with van der Waals surface area (Å²) >= 11 is 0. The van der Waals surface area contributed by atoms with E-state index in [1.165, 1.54) is 107 Å². The van der Waals surface area contributed by atoms with Crippen LogP contribution in [0.1, 0.15) is 140 Å². The van der Waals surface area contributed by atoms with Crippen molar-refractivity contribution < 1.29 is 0 Å². The lowest BCUT2D eigenvalue weighted by molar-refractivity contribution is 0.116. The van der Waals surface area contributed by atoms with E-state index < -0.39 is 0 Å². The molecular weight excluding hydrogens is 619 g/mol. The smallest absolute Gasteiger partial charge is 0.0821 e. The molecule has 7 aliphatic carbocycles. The third-order valence-electron chi connectivity index (χ3n) is 14.8. The lowest BCUT2D eigenvalue weighted by Crippen LogP contribution is -2.71. The molecule has 0 aromatic heterocycles. The van der Waals surface area contributed by atoms with E-state index in [0.717, 1.165) is 25.2 Å². The van der Waals surface area contributed by atoms with Gasteiger partial charge in [-0.2, -0.15) is 0 Å². The molecule has 0 amide bonds. The number of fused-ring (bicyclic) bond motifs is 2. The number of nitrogens with one attached hydrogen (secondary N) is 3. The monoisotopic (exact) mass is 682 g/mol. The Hall–Kier alpha value is -2.72. The van der Waals surface area contributed by atoms with E-state index in [1.54, 1.807) is 27.9 Å². The molecule has 51 heavy (non-hydrogen) atoms. The number of allylic oxidation sites excluding steroid dienone is 12. The van der Waals surface area contributed by atoms with E-state index in [1.807, 2.05) is 0 Å². The van der Waals surface area contributed by atoms with E-state index in [2.05, 4.69) is 103 Å². The molecule has 1 heterocycles. The molecule has 270 valence electrons. The first-order valence-electron chi connectivity index (χ1n) is 21.3. The molecule has 8 aliphatic rings. The van der Waals surface area contributed by atoms with Gasteiger partial charge in [0.15, 0.2) is 0 Å². The summed E-state index contributed by atoms with van der Waals surface area (Å²) in [5.74, 6) is 3.31. The fourth-order valence-corrected chi connectivity index (χ4v) is 11.8. The minimum absolute atomic E-state index is 0.205. The molecular formula is C48H63N3. The zero-order valence-electron chi connectivity index (χ0n) is 31.6. The van der Waals surface area contributed by atoms with Gasteiger partial charge in [0.25, 0.3) is 0 Å². The highest BCUT2D eigenvalue weighted by Gasteiger charge is 2.47. The molecule has 1 aromatic rings. The summed E-state index contributed by atoms with van der Waals surface area (Å²) in [7, 11) is 0. The summed E-state index contributed by atoms with van der Waals surface area (Å²) in [4.78, 5) is 0. The average molecular weight is 682 g/mol. The Morgan fingerprint density at radius 2 is 1.59 bits per heavy atom. The summed E-state index contributed by atoms with van der Waals surface area (Å²) in [6.07, 6.45) is 42.5. The number of hydrogen-bond donors (Lipinski definition) is 3. The summed E-state index contributed by atoms with van der Waals surface area (Å²) in [6, 6.07) is 9.68. The molecule has 6 unspecified atom stereocenters. The number of benzene rings is 1.